The average Bonchev–Trinajstić information content (AvgIpc) is 2.26. The van der Waals surface area contributed by atoms with Crippen LogP contribution in [0.1, 0.15) is 12.5 Å². The molecule has 0 aliphatic heterocycles. The first-order valence-corrected chi connectivity index (χ1v) is 4.66. The van der Waals surface area contributed by atoms with Crippen LogP contribution in [0.25, 0.3) is 0 Å². The van der Waals surface area contributed by atoms with Crippen LogP contribution in [0, 0.1) is 0 Å². The van der Waals surface area contributed by atoms with Crippen LogP contribution in [0.2, 0.25) is 5.02 Å². The quantitative estimate of drug-likeness (QED) is 0.622. The van der Waals surface area contributed by atoms with Gasteiger partial charge in [0.05, 0.1) is 12.8 Å². The molecule has 0 unspecified atom stereocenters. The van der Waals surface area contributed by atoms with E-state index in [0.29, 0.717) is 10.7 Å². The third-order valence-electron chi connectivity index (χ3n) is 1.76. The number of carbonyl (C=O) groups is 1. The van der Waals surface area contributed by atoms with Crippen molar-refractivity contribution in [2.45, 2.75) is 6.92 Å². The summed E-state index contributed by atoms with van der Waals surface area (Å²) < 4.78 is 4.38. The summed E-state index contributed by atoms with van der Waals surface area (Å²) in [5.41, 5.74) is 3.62. The van der Waals surface area contributed by atoms with Crippen LogP contribution >= 0.6 is 11.6 Å². The Bertz CT molecular complexity index is 391. The average molecular weight is 227 g/mol. The van der Waals surface area contributed by atoms with E-state index in [4.69, 9.17) is 11.6 Å². The molecule has 0 bridgehead atoms. The van der Waals surface area contributed by atoms with E-state index in [9.17, 15) is 4.79 Å². The van der Waals surface area contributed by atoms with E-state index < -0.39 is 6.09 Å². The highest BCUT2D eigenvalue weighted by molar-refractivity contribution is 6.34. The van der Waals surface area contributed by atoms with Crippen LogP contribution in [0.4, 0.5) is 4.79 Å². The molecule has 80 valence electrons. The molecule has 0 aliphatic carbocycles. The molecule has 5 heteroatoms. The van der Waals surface area contributed by atoms with E-state index in [1.165, 1.54) is 7.11 Å². The van der Waals surface area contributed by atoms with Gasteiger partial charge in [-0.05, 0) is 13.0 Å². The Hall–Kier alpha value is -1.55. The Morgan fingerprint density at radius 3 is 2.73 bits per heavy atom. The Morgan fingerprint density at radius 1 is 1.47 bits per heavy atom. The lowest BCUT2D eigenvalue weighted by atomic mass is 10.1. The Morgan fingerprint density at radius 2 is 2.13 bits per heavy atom. The van der Waals surface area contributed by atoms with Crippen LogP contribution in [0.3, 0.4) is 0 Å². The largest absolute Gasteiger partial charge is 0.452 e. The molecule has 0 aliphatic rings. The maximum Gasteiger partial charge on any atom is 0.427 e. The minimum Gasteiger partial charge on any atom is -0.452 e. The number of nitrogens with one attached hydrogen (secondary N) is 1. The summed E-state index contributed by atoms with van der Waals surface area (Å²) in [5.74, 6) is 0. The monoisotopic (exact) mass is 226 g/mol. The third-order valence-corrected chi connectivity index (χ3v) is 2.09. The standard InChI is InChI=1S/C10H11ClN2O2/c1-7(12-13-10(14)15-2)8-5-3-4-6-9(8)11/h3-6H,1-2H3,(H,13,14). The summed E-state index contributed by atoms with van der Waals surface area (Å²) in [5, 5.41) is 4.42. The number of hydrogen-bond acceptors (Lipinski definition) is 3. The molecule has 15 heavy (non-hydrogen) atoms. The van der Waals surface area contributed by atoms with Gasteiger partial charge in [-0.3, -0.25) is 0 Å². The van der Waals surface area contributed by atoms with Crippen molar-refractivity contribution < 1.29 is 9.53 Å². The molecule has 0 fully saturated rings. The van der Waals surface area contributed by atoms with Gasteiger partial charge in [0.15, 0.2) is 0 Å². The topological polar surface area (TPSA) is 50.7 Å². The Balaban J connectivity index is 2.80. The van der Waals surface area contributed by atoms with Crippen LogP contribution in [-0.2, 0) is 4.74 Å². The first kappa shape index (κ1) is 11.5. The van der Waals surface area contributed by atoms with Gasteiger partial charge in [0.1, 0.15) is 0 Å². The van der Waals surface area contributed by atoms with Crippen LogP contribution < -0.4 is 5.43 Å². The first-order valence-electron chi connectivity index (χ1n) is 4.28. The van der Waals surface area contributed by atoms with Gasteiger partial charge in [-0.2, -0.15) is 5.10 Å². The minimum absolute atomic E-state index is 0.588. The Labute approximate surface area is 92.9 Å². The molecule has 0 aromatic heterocycles. The molecular weight excluding hydrogens is 216 g/mol. The van der Waals surface area contributed by atoms with Crippen molar-refractivity contribution in [1.29, 1.82) is 0 Å². The predicted molar refractivity (Wildman–Crippen MR) is 59.2 cm³/mol. The number of carbonyl (C=O) groups excluding carboxylic acids is 1. The lowest BCUT2D eigenvalue weighted by Gasteiger charge is -2.03. The van der Waals surface area contributed by atoms with Crippen LogP contribution in [0.5, 0.6) is 0 Å². The fraction of sp³-hybridized carbons (Fsp3) is 0.200. The van der Waals surface area contributed by atoms with Gasteiger partial charge in [-0.25, -0.2) is 10.2 Å². The van der Waals surface area contributed by atoms with Crippen molar-refractivity contribution >= 4 is 23.4 Å². The minimum atomic E-state index is -0.610. The molecule has 1 amide bonds. The van der Waals surface area contributed by atoms with E-state index in [1.807, 2.05) is 18.2 Å². The van der Waals surface area contributed by atoms with E-state index in [-0.39, 0.29) is 0 Å². The molecule has 4 nitrogen and oxygen atoms in total. The lowest BCUT2D eigenvalue weighted by molar-refractivity contribution is 0.171. The molecular formula is C10H11ClN2O2. The zero-order chi connectivity index (χ0) is 11.3. The summed E-state index contributed by atoms with van der Waals surface area (Å²) in [7, 11) is 1.27. The van der Waals surface area contributed by atoms with Crippen LogP contribution in [0.15, 0.2) is 29.4 Å². The van der Waals surface area contributed by atoms with Gasteiger partial charge in [0, 0.05) is 10.6 Å². The van der Waals surface area contributed by atoms with Crippen molar-refractivity contribution in [2.75, 3.05) is 7.11 Å². The number of nitrogens with zero attached hydrogens (tertiary/aromatic N) is 1. The van der Waals surface area contributed by atoms with Gasteiger partial charge in [0.2, 0.25) is 0 Å². The lowest BCUT2D eigenvalue weighted by Crippen LogP contribution is -2.18. The highest BCUT2D eigenvalue weighted by atomic mass is 35.5. The van der Waals surface area contributed by atoms with E-state index >= 15 is 0 Å². The number of methoxy groups -OCH3 is 1. The molecule has 1 aromatic rings. The second-order valence-electron chi connectivity index (χ2n) is 2.78. The molecule has 0 atom stereocenters. The summed E-state index contributed by atoms with van der Waals surface area (Å²) >= 11 is 5.94. The van der Waals surface area contributed by atoms with Crippen molar-refractivity contribution in [3.8, 4) is 0 Å². The number of hydrazone groups is 1. The van der Waals surface area contributed by atoms with Crippen molar-refractivity contribution in [3.05, 3.63) is 34.9 Å². The molecule has 0 saturated carbocycles. The fourth-order valence-electron chi connectivity index (χ4n) is 0.990. The molecule has 0 radical (unpaired) electrons. The summed E-state index contributed by atoms with van der Waals surface area (Å²) in [6.07, 6.45) is -0.610. The molecule has 1 aromatic carbocycles. The second-order valence-corrected chi connectivity index (χ2v) is 3.19. The zero-order valence-corrected chi connectivity index (χ0v) is 9.21. The third kappa shape index (κ3) is 3.25. The number of benzene rings is 1. The number of ether oxygens (including phenoxy) is 1. The SMILES string of the molecule is COC(=O)NN=C(C)c1ccccc1Cl. The van der Waals surface area contributed by atoms with E-state index in [0.717, 1.165) is 5.56 Å². The van der Waals surface area contributed by atoms with Crippen molar-refractivity contribution in [1.82, 2.24) is 5.43 Å². The summed E-state index contributed by atoms with van der Waals surface area (Å²) in [4.78, 5) is 10.8. The highest BCUT2D eigenvalue weighted by Crippen LogP contribution is 2.15. The summed E-state index contributed by atoms with van der Waals surface area (Å²) in [6.45, 7) is 1.75. The summed E-state index contributed by atoms with van der Waals surface area (Å²) in [6, 6.07) is 7.25. The maximum absolute atomic E-state index is 10.8. The molecule has 0 saturated heterocycles. The van der Waals surface area contributed by atoms with Crippen molar-refractivity contribution in [2.24, 2.45) is 5.10 Å². The van der Waals surface area contributed by atoms with Gasteiger partial charge in [-0.15, -0.1) is 0 Å². The van der Waals surface area contributed by atoms with Gasteiger partial charge in [0.25, 0.3) is 0 Å². The highest BCUT2D eigenvalue weighted by Gasteiger charge is 2.03. The van der Waals surface area contributed by atoms with Crippen LogP contribution in [-0.4, -0.2) is 18.9 Å². The number of amides is 1. The van der Waals surface area contributed by atoms with E-state index in [2.05, 4.69) is 15.3 Å². The molecule has 1 rings (SSSR count). The molecule has 1 N–H and O–H groups in total. The van der Waals surface area contributed by atoms with E-state index in [1.54, 1.807) is 13.0 Å². The molecule has 0 spiro atoms. The normalized spacial score (nSPS) is 11.0. The van der Waals surface area contributed by atoms with Gasteiger partial charge < -0.3 is 4.74 Å². The number of halogens is 1. The smallest absolute Gasteiger partial charge is 0.427 e. The maximum atomic E-state index is 10.8. The molecule has 0 heterocycles. The van der Waals surface area contributed by atoms with Gasteiger partial charge >= 0.3 is 6.09 Å². The van der Waals surface area contributed by atoms with Gasteiger partial charge in [-0.1, -0.05) is 29.8 Å². The fourth-order valence-corrected chi connectivity index (χ4v) is 1.26. The predicted octanol–water partition coefficient (Wildman–Crippen LogP) is 2.42. The number of rotatable bonds is 2. The second kappa shape index (κ2) is 5.36. The zero-order valence-electron chi connectivity index (χ0n) is 8.45. The first-order chi connectivity index (χ1) is 7.15. The Kier molecular flexibility index (Phi) is 4.12. The van der Waals surface area contributed by atoms with Crippen molar-refractivity contribution in [3.63, 3.8) is 0 Å². The number of hydrogen-bond donors (Lipinski definition) is 1.